The summed E-state index contributed by atoms with van der Waals surface area (Å²) in [6.07, 6.45) is 2.66. The minimum atomic E-state index is -0.412. The molecule has 110 valence electrons. The van der Waals surface area contributed by atoms with E-state index in [1.807, 2.05) is 34.9 Å². The van der Waals surface area contributed by atoms with Crippen molar-refractivity contribution in [1.29, 1.82) is 0 Å². The molecule has 0 spiro atoms. The fraction of sp³-hybridized carbons (Fsp3) is 0.375. The predicted octanol–water partition coefficient (Wildman–Crippen LogP) is 2.10. The van der Waals surface area contributed by atoms with Crippen molar-refractivity contribution < 1.29 is 9.53 Å². The number of benzene rings is 1. The minimum Gasteiger partial charge on any atom is -0.381 e. The number of imidazole rings is 1. The Kier molecular flexibility index (Phi) is 3.75. The van der Waals surface area contributed by atoms with Crippen molar-refractivity contribution >= 4 is 5.91 Å². The topological polar surface area (TPSA) is 70.1 Å². The third kappa shape index (κ3) is 2.56. The smallest absolute Gasteiger partial charge is 0.240 e. The van der Waals surface area contributed by atoms with Crippen LogP contribution in [-0.2, 0) is 9.53 Å². The molecule has 5 nitrogen and oxygen atoms in total. The number of nitrogens with zero attached hydrogens (tertiary/aromatic N) is 2. The lowest BCUT2D eigenvalue weighted by molar-refractivity contribution is -0.120. The number of nitrogens with two attached hydrogens (primary N) is 1. The van der Waals surface area contributed by atoms with Crippen LogP contribution < -0.4 is 5.73 Å². The van der Waals surface area contributed by atoms with Gasteiger partial charge in [0.15, 0.2) is 0 Å². The van der Waals surface area contributed by atoms with E-state index in [1.165, 1.54) is 0 Å². The molecule has 1 fully saturated rings. The first-order valence-electron chi connectivity index (χ1n) is 7.17. The standard InChI is InChI=1S/C16H19N3O2/c1-11(16(17)20)19-10-18-14(12-5-3-2-4-6-12)15(19)13-7-8-21-9-13/h2-6,10-11,13H,7-9H2,1H3,(H2,17,20). The van der Waals surface area contributed by atoms with Crippen molar-refractivity contribution in [3.05, 3.63) is 42.4 Å². The van der Waals surface area contributed by atoms with Crippen LogP contribution >= 0.6 is 0 Å². The van der Waals surface area contributed by atoms with Crippen molar-refractivity contribution in [3.8, 4) is 11.3 Å². The average Bonchev–Trinajstić information content (AvgIpc) is 3.16. The molecule has 2 N–H and O–H groups in total. The monoisotopic (exact) mass is 285 g/mol. The summed E-state index contributed by atoms with van der Waals surface area (Å²) in [4.78, 5) is 16.1. The van der Waals surface area contributed by atoms with Gasteiger partial charge in [-0.3, -0.25) is 4.79 Å². The maximum Gasteiger partial charge on any atom is 0.240 e. The summed E-state index contributed by atoms with van der Waals surface area (Å²) < 4.78 is 7.40. The fourth-order valence-electron chi connectivity index (χ4n) is 2.79. The molecule has 1 aromatic heterocycles. The van der Waals surface area contributed by atoms with E-state index in [0.717, 1.165) is 30.0 Å². The van der Waals surface area contributed by atoms with E-state index in [4.69, 9.17) is 10.5 Å². The lowest BCUT2D eigenvalue weighted by Crippen LogP contribution is -2.25. The first kappa shape index (κ1) is 13.8. The van der Waals surface area contributed by atoms with Gasteiger partial charge in [0.05, 0.1) is 24.3 Å². The highest BCUT2D eigenvalue weighted by atomic mass is 16.5. The Morgan fingerprint density at radius 2 is 2.19 bits per heavy atom. The molecule has 1 saturated heterocycles. The Morgan fingerprint density at radius 3 is 2.81 bits per heavy atom. The van der Waals surface area contributed by atoms with Gasteiger partial charge in [0, 0.05) is 18.1 Å². The third-order valence-electron chi connectivity index (χ3n) is 4.02. The highest BCUT2D eigenvalue weighted by molar-refractivity contribution is 5.78. The Labute approximate surface area is 123 Å². The van der Waals surface area contributed by atoms with Gasteiger partial charge in [0.2, 0.25) is 5.91 Å². The summed E-state index contributed by atoms with van der Waals surface area (Å²) in [5, 5.41) is 0. The van der Waals surface area contributed by atoms with E-state index in [2.05, 4.69) is 4.98 Å². The van der Waals surface area contributed by atoms with Crippen molar-refractivity contribution in [2.45, 2.75) is 25.3 Å². The summed E-state index contributed by atoms with van der Waals surface area (Å²) in [6.45, 7) is 3.21. The number of ether oxygens (including phenoxy) is 1. The van der Waals surface area contributed by atoms with E-state index >= 15 is 0 Å². The van der Waals surface area contributed by atoms with Gasteiger partial charge >= 0.3 is 0 Å². The summed E-state index contributed by atoms with van der Waals surface area (Å²) in [5.41, 5.74) is 8.48. The zero-order valence-corrected chi connectivity index (χ0v) is 12.0. The molecule has 0 bridgehead atoms. The molecule has 1 aliphatic rings. The first-order valence-corrected chi connectivity index (χ1v) is 7.17. The number of amides is 1. The summed E-state index contributed by atoms with van der Waals surface area (Å²) >= 11 is 0. The van der Waals surface area contributed by atoms with E-state index in [1.54, 1.807) is 13.3 Å². The molecule has 0 saturated carbocycles. The maximum absolute atomic E-state index is 11.6. The lowest BCUT2D eigenvalue weighted by atomic mass is 9.98. The molecule has 2 unspecified atom stereocenters. The number of aromatic nitrogens is 2. The molecule has 2 atom stereocenters. The second-order valence-corrected chi connectivity index (χ2v) is 5.39. The minimum absolute atomic E-state index is 0.254. The van der Waals surface area contributed by atoms with Crippen molar-refractivity contribution in [3.63, 3.8) is 0 Å². The number of rotatable bonds is 4. The number of hydrogen-bond donors (Lipinski definition) is 1. The van der Waals surface area contributed by atoms with Gasteiger partial charge in [0.25, 0.3) is 0 Å². The predicted molar refractivity (Wildman–Crippen MR) is 79.7 cm³/mol. The Balaban J connectivity index is 2.10. The first-order chi connectivity index (χ1) is 10.2. The van der Waals surface area contributed by atoms with Crippen LogP contribution in [-0.4, -0.2) is 28.7 Å². The number of hydrogen-bond acceptors (Lipinski definition) is 3. The Bertz CT molecular complexity index is 630. The normalized spacial score (nSPS) is 19.6. The van der Waals surface area contributed by atoms with Gasteiger partial charge in [-0.1, -0.05) is 30.3 Å². The van der Waals surface area contributed by atoms with Gasteiger partial charge in [-0.05, 0) is 13.3 Å². The molecule has 0 radical (unpaired) electrons. The Morgan fingerprint density at radius 1 is 1.43 bits per heavy atom. The summed E-state index contributed by atoms with van der Waals surface area (Å²) in [5.74, 6) is -0.100. The summed E-state index contributed by atoms with van der Waals surface area (Å²) in [6, 6.07) is 9.60. The SMILES string of the molecule is CC(C(N)=O)n1cnc(-c2ccccc2)c1C1CCOC1. The molecule has 0 aliphatic carbocycles. The molecule has 5 heteroatoms. The van der Waals surface area contributed by atoms with Crippen molar-refractivity contribution in [2.75, 3.05) is 13.2 Å². The number of carbonyl (C=O) groups excluding carboxylic acids is 1. The molecule has 21 heavy (non-hydrogen) atoms. The zero-order valence-electron chi connectivity index (χ0n) is 12.0. The number of primary amides is 1. The molecule has 1 aliphatic heterocycles. The molecule has 1 amide bonds. The highest BCUT2D eigenvalue weighted by Crippen LogP contribution is 2.34. The zero-order chi connectivity index (χ0) is 14.8. The quantitative estimate of drug-likeness (QED) is 0.935. The van der Waals surface area contributed by atoms with Crippen LogP contribution in [0.5, 0.6) is 0 Å². The van der Waals surface area contributed by atoms with E-state index in [9.17, 15) is 4.79 Å². The largest absolute Gasteiger partial charge is 0.381 e. The molecular weight excluding hydrogens is 266 g/mol. The van der Waals surface area contributed by atoms with E-state index in [-0.39, 0.29) is 11.8 Å². The molecule has 2 heterocycles. The number of carbonyl (C=O) groups is 1. The lowest BCUT2D eigenvalue weighted by Gasteiger charge is -2.18. The van der Waals surface area contributed by atoms with Crippen LogP contribution in [0.3, 0.4) is 0 Å². The highest BCUT2D eigenvalue weighted by Gasteiger charge is 2.28. The fourth-order valence-corrected chi connectivity index (χ4v) is 2.79. The molecular formula is C16H19N3O2. The third-order valence-corrected chi connectivity index (χ3v) is 4.02. The van der Waals surface area contributed by atoms with Gasteiger partial charge in [-0.2, -0.15) is 0 Å². The second-order valence-electron chi connectivity index (χ2n) is 5.39. The van der Waals surface area contributed by atoms with Gasteiger partial charge in [-0.25, -0.2) is 4.98 Å². The van der Waals surface area contributed by atoms with Crippen LogP contribution in [0, 0.1) is 0 Å². The average molecular weight is 285 g/mol. The van der Waals surface area contributed by atoms with E-state index in [0.29, 0.717) is 6.61 Å². The maximum atomic E-state index is 11.6. The van der Waals surface area contributed by atoms with Gasteiger partial charge in [0.1, 0.15) is 6.04 Å². The summed E-state index contributed by atoms with van der Waals surface area (Å²) in [7, 11) is 0. The van der Waals surface area contributed by atoms with Crippen LogP contribution in [0.15, 0.2) is 36.7 Å². The van der Waals surface area contributed by atoms with Crippen molar-refractivity contribution in [1.82, 2.24) is 9.55 Å². The van der Waals surface area contributed by atoms with Gasteiger partial charge in [-0.15, -0.1) is 0 Å². The molecule has 1 aromatic carbocycles. The van der Waals surface area contributed by atoms with Crippen LogP contribution in [0.1, 0.15) is 31.0 Å². The van der Waals surface area contributed by atoms with Crippen LogP contribution in [0.25, 0.3) is 11.3 Å². The van der Waals surface area contributed by atoms with Crippen LogP contribution in [0.4, 0.5) is 0 Å². The van der Waals surface area contributed by atoms with Crippen molar-refractivity contribution in [2.24, 2.45) is 5.73 Å². The van der Waals surface area contributed by atoms with E-state index < -0.39 is 6.04 Å². The molecule has 3 rings (SSSR count). The van der Waals surface area contributed by atoms with Gasteiger partial charge < -0.3 is 15.0 Å². The Hall–Kier alpha value is -2.14. The second kappa shape index (κ2) is 5.69. The van der Waals surface area contributed by atoms with Crippen LogP contribution in [0.2, 0.25) is 0 Å². The molecule has 2 aromatic rings.